The van der Waals surface area contributed by atoms with Gasteiger partial charge in [0.1, 0.15) is 11.4 Å². The second-order valence-corrected chi connectivity index (χ2v) is 6.39. The third kappa shape index (κ3) is 4.68. The van der Waals surface area contributed by atoms with Crippen LogP contribution in [0.4, 0.5) is 0 Å². The summed E-state index contributed by atoms with van der Waals surface area (Å²) >= 11 is 0. The van der Waals surface area contributed by atoms with E-state index in [9.17, 15) is 13.2 Å². The minimum Gasteiger partial charge on any atom is -0.360 e. The molecule has 2 rings (SSSR count). The number of rotatable bonds is 7. The van der Waals surface area contributed by atoms with Crippen molar-refractivity contribution in [2.75, 3.05) is 13.1 Å². The molecule has 0 aliphatic heterocycles. The van der Waals surface area contributed by atoms with Crippen molar-refractivity contribution in [3.63, 3.8) is 0 Å². The molecule has 22 heavy (non-hydrogen) atoms. The van der Waals surface area contributed by atoms with Crippen LogP contribution in [-0.2, 0) is 20.6 Å². The smallest absolute Gasteiger partial charge is 0.235 e. The van der Waals surface area contributed by atoms with E-state index >= 15 is 0 Å². The Balaban J connectivity index is 1.99. The molecule has 0 aliphatic rings. The highest BCUT2D eigenvalue weighted by Crippen LogP contribution is 2.19. The molecule has 1 amide bonds. The number of likely N-dealkylation sites (N-methyl/N-ethyl adjacent to an activating group) is 1. The number of aromatic nitrogens is 1. The summed E-state index contributed by atoms with van der Waals surface area (Å²) in [5.41, 5.74) is 1.40. The zero-order valence-corrected chi connectivity index (χ0v) is 12.9. The number of carbonyl (C=O) groups is 1. The minimum absolute atomic E-state index is 0.210. The van der Waals surface area contributed by atoms with Gasteiger partial charge < -0.3 is 9.84 Å². The van der Waals surface area contributed by atoms with Crippen molar-refractivity contribution in [2.45, 2.75) is 12.7 Å². The summed E-state index contributed by atoms with van der Waals surface area (Å²) in [7, 11) is -3.66. The number of nitrogens with zero attached hydrogens (tertiary/aromatic N) is 1. The third-order valence-corrected chi connectivity index (χ3v) is 4.04. The molecule has 0 spiro atoms. The van der Waals surface area contributed by atoms with Gasteiger partial charge in [-0.05, 0) is 6.92 Å². The lowest BCUT2D eigenvalue weighted by atomic mass is 10.1. The maximum atomic E-state index is 11.9. The van der Waals surface area contributed by atoms with Crippen LogP contribution in [0.2, 0.25) is 0 Å². The Morgan fingerprint density at radius 2 is 2.00 bits per heavy atom. The molecule has 2 N–H and O–H groups in total. The molecule has 7 nitrogen and oxygen atoms in total. The van der Waals surface area contributed by atoms with Crippen molar-refractivity contribution in [3.05, 3.63) is 42.2 Å². The lowest BCUT2D eigenvalue weighted by Crippen LogP contribution is -2.37. The molecule has 0 saturated heterocycles. The van der Waals surface area contributed by atoms with Gasteiger partial charge in [-0.15, -0.1) is 0 Å². The van der Waals surface area contributed by atoms with Gasteiger partial charge in [-0.2, -0.15) is 0 Å². The normalized spacial score (nSPS) is 11.3. The number of nitrogens with one attached hydrogen (secondary N) is 2. The van der Waals surface area contributed by atoms with E-state index in [4.69, 9.17) is 4.52 Å². The number of amides is 1. The topological polar surface area (TPSA) is 101 Å². The molecule has 118 valence electrons. The molecule has 1 heterocycles. The van der Waals surface area contributed by atoms with E-state index in [2.05, 4.69) is 15.2 Å². The molecule has 1 aromatic carbocycles. The molecule has 0 aliphatic carbocycles. The second-order valence-electron chi connectivity index (χ2n) is 4.58. The Kier molecular flexibility index (Phi) is 5.29. The fourth-order valence-corrected chi connectivity index (χ4v) is 2.76. The highest BCUT2D eigenvalue weighted by atomic mass is 32.2. The Hall–Kier alpha value is -2.19. The first kappa shape index (κ1) is 16.2. The lowest BCUT2D eigenvalue weighted by Gasteiger charge is -2.04. The van der Waals surface area contributed by atoms with Gasteiger partial charge in [0.05, 0.1) is 6.54 Å². The molecule has 2 aromatic rings. The molecule has 0 radical (unpaired) electrons. The van der Waals surface area contributed by atoms with Crippen LogP contribution in [0.25, 0.3) is 11.3 Å². The lowest BCUT2D eigenvalue weighted by molar-refractivity contribution is -0.119. The molecular formula is C14H17N3O4S. The minimum atomic E-state index is -3.66. The Labute approximate surface area is 128 Å². The fourth-order valence-electron chi connectivity index (χ4n) is 1.80. The van der Waals surface area contributed by atoms with Crippen LogP contribution in [0, 0.1) is 0 Å². The first-order chi connectivity index (χ1) is 10.5. The number of hydrogen-bond acceptors (Lipinski definition) is 5. The van der Waals surface area contributed by atoms with E-state index in [0.717, 1.165) is 5.56 Å². The van der Waals surface area contributed by atoms with E-state index in [1.54, 1.807) is 13.0 Å². The van der Waals surface area contributed by atoms with Crippen molar-refractivity contribution in [2.24, 2.45) is 0 Å². The third-order valence-electron chi connectivity index (χ3n) is 2.79. The fraction of sp³-hybridized carbons (Fsp3) is 0.286. The van der Waals surface area contributed by atoms with Crippen LogP contribution in [0.3, 0.4) is 0 Å². The Bertz CT molecular complexity index is 726. The standard InChI is InChI=1S/C14H17N3O4S/c1-2-15-14(18)9-16-22(19,20)10-12-8-13(17-21-12)11-6-4-3-5-7-11/h3-8,16H,2,9-10H2,1H3,(H,15,18). The second kappa shape index (κ2) is 7.19. The summed E-state index contributed by atoms with van der Waals surface area (Å²) < 4.78 is 31.0. The first-order valence-corrected chi connectivity index (χ1v) is 8.40. The maximum absolute atomic E-state index is 11.9. The molecule has 8 heteroatoms. The van der Waals surface area contributed by atoms with E-state index < -0.39 is 10.0 Å². The van der Waals surface area contributed by atoms with Crippen molar-refractivity contribution in [1.82, 2.24) is 15.2 Å². The largest absolute Gasteiger partial charge is 0.360 e. The van der Waals surface area contributed by atoms with Crippen molar-refractivity contribution in [1.29, 1.82) is 0 Å². The summed E-state index contributed by atoms with van der Waals surface area (Å²) in [4.78, 5) is 11.3. The predicted molar refractivity (Wildman–Crippen MR) is 81.2 cm³/mol. The van der Waals surface area contributed by atoms with Crippen LogP contribution in [0.15, 0.2) is 40.9 Å². The highest BCUT2D eigenvalue weighted by Gasteiger charge is 2.17. The van der Waals surface area contributed by atoms with Gasteiger partial charge in [0.15, 0.2) is 5.76 Å². The molecule has 0 atom stereocenters. The van der Waals surface area contributed by atoms with Crippen molar-refractivity contribution in [3.8, 4) is 11.3 Å². The summed E-state index contributed by atoms with van der Waals surface area (Å²) in [6.45, 7) is 1.91. The van der Waals surface area contributed by atoms with Crippen LogP contribution in [0.5, 0.6) is 0 Å². The molecule has 0 unspecified atom stereocenters. The summed E-state index contributed by atoms with van der Waals surface area (Å²) in [6, 6.07) is 10.9. The van der Waals surface area contributed by atoms with E-state index in [1.807, 2.05) is 30.3 Å². The van der Waals surface area contributed by atoms with E-state index in [1.165, 1.54) is 0 Å². The molecule has 0 saturated carbocycles. The Morgan fingerprint density at radius 1 is 1.27 bits per heavy atom. The van der Waals surface area contributed by atoms with Crippen LogP contribution >= 0.6 is 0 Å². The van der Waals surface area contributed by atoms with Gasteiger partial charge in [-0.1, -0.05) is 35.5 Å². The zero-order chi connectivity index (χ0) is 16.0. The number of carbonyl (C=O) groups excluding carboxylic acids is 1. The van der Waals surface area contributed by atoms with Crippen LogP contribution in [-0.4, -0.2) is 32.6 Å². The molecular weight excluding hydrogens is 306 g/mol. The first-order valence-electron chi connectivity index (χ1n) is 6.75. The summed E-state index contributed by atoms with van der Waals surface area (Å²) in [5.74, 6) is -0.539. The predicted octanol–water partition coefficient (Wildman–Crippen LogP) is 0.897. The maximum Gasteiger partial charge on any atom is 0.235 e. The van der Waals surface area contributed by atoms with Gasteiger partial charge in [-0.25, -0.2) is 13.1 Å². The quantitative estimate of drug-likeness (QED) is 0.788. The zero-order valence-electron chi connectivity index (χ0n) is 12.1. The molecule has 0 fully saturated rings. The van der Waals surface area contributed by atoms with Gasteiger partial charge in [-0.3, -0.25) is 4.79 Å². The van der Waals surface area contributed by atoms with Gasteiger partial charge in [0.25, 0.3) is 0 Å². The molecule has 1 aromatic heterocycles. The molecule has 0 bridgehead atoms. The summed E-state index contributed by atoms with van der Waals surface area (Å²) in [6.07, 6.45) is 0. The average Bonchev–Trinajstić information content (AvgIpc) is 2.94. The number of benzene rings is 1. The number of sulfonamides is 1. The van der Waals surface area contributed by atoms with Crippen LogP contribution in [0.1, 0.15) is 12.7 Å². The number of hydrogen-bond donors (Lipinski definition) is 2. The van der Waals surface area contributed by atoms with Crippen molar-refractivity contribution >= 4 is 15.9 Å². The van der Waals surface area contributed by atoms with Gasteiger partial charge >= 0.3 is 0 Å². The SMILES string of the molecule is CCNC(=O)CNS(=O)(=O)Cc1cc(-c2ccccc2)no1. The van der Waals surface area contributed by atoms with Crippen LogP contribution < -0.4 is 10.0 Å². The van der Waals surface area contributed by atoms with Gasteiger partial charge in [0.2, 0.25) is 15.9 Å². The summed E-state index contributed by atoms with van der Waals surface area (Å²) in [5, 5.41) is 6.35. The van der Waals surface area contributed by atoms with E-state index in [0.29, 0.717) is 12.2 Å². The highest BCUT2D eigenvalue weighted by molar-refractivity contribution is 7.88. The average molecular weight is 323 g/mol. The van der Waals surface area contributed by atoms with Gasteiger partial charge in [0, 0.05) is 18.2 Å². The Morgan fingerprint density at radius 3 is 2.68 bits per heavy atom. The van der Waals surface area contributed by atoms with E-state index in [-0.39, 0.29) is 24.0 Å². The van der Waals surface area contributed by atoms with Crippen molar-refractivity contribution < 1.29 is 17.7 Å². The monoisotopic (exact) mass is 323 g/mol.